The third kappa shape index (κ3) is 1.55. The lowest BCUT2D eigenvalue weighted by atomic mass is 10.1. The fourth-order valence-corrected chi connectivity index (χ4v) is 2.13. The summed E-state index contributed by atoms with van der Waals surface area (Å²) >= 11 is 0. The van der Waals surface area contributed by atoms with Crippen LogP contribution in [0.5, 0.6) is 0 Å². The van der Waals surface area contributed by atoms with Gasteiger partial charge in [-0.2, -0.15) is 0 Å². The zero-order chi connectivity index (χ0) is 10.3. The van der Waals surface area contributed by atoms with E-state index in [0.29, 0.717) is 6.54 Å². The third-order valence-corrected chi connectivity index (χ3v) is 3.12. The first-order chi connectivity index (χ1) is 7.38. The van der Waals surface area contributed by atoms with Crippen molar-refractivity contribution < 1.29 is 4.42 Å². The lowest BCUT2D eigenvalue weighted by Crippen LogP contribution is -2.02. The smallest absolute Gasteiger partial charge is 0.134 e. The minimum atomic E-state index is 0.710. The summed E-state index contributed by atoms with van der Waals surface area (Å²) in [4.78, 5) is 0. The molecule has 1 aliphatic carbocycles. The largest absolute Gasteiger partial charge is 0.464 e. The Kier molecular flexibility index (Phi) is 2.03. The van der Waals surface area contributed by atoms with Gasteiger partial charge in [0.15, 0.2) is 0 Å². The first-order valence-electron chi connectivity index (χ1n) is 5.58. The van der Waals surface area contributed by atoms with E-state index in [9.17, 15) is 0 Å². The third-order valence-electron chi connectivity index (χ3n) is 3.12. The number of fused-ring (bicyclic) bond motifs is 1. The molecule has 0 amide bonds. The average molecular weight is 201 g/mol. The molecule has 1 heterocycles. The molecule has 0 atom stereocenters. The van der Waals surface area contributed by atoms with E-state index in [2.05, 4.69) is 18.2 Å². The van der Waals surface area contributed by atoms with Crippen molar-refractivity contribution in [2.45, 2.75) is 25.2 Å². The van der Waals surface area contributed by atoms with E-state index < -0.39 is 0 Å². The molecule has 15 heavy (non-hydrogen) atoms. The molecule has 1 aliphatic rings. The molecule has 78 valence electrons. The van der Waals surface area contributed by atoms with Gasteiger partial charge in [0, 0.05) is 10.9 Å². The van der Waals surface area contributed by atoms with Crippen LogP contribution >= 0.6 is 0 Å². The van der Waals surface area contributed by atoms with Crippen molar-refractivity contribution in [1.29, 1.82) is 0 Å². The first kappa shape index (κ1) is 8.98. The summed E-state index contributed by atoms with van der Waals surface area (Å²) in [5.41, 5.74) is 9.28. The molecule has 2 nitrogen and oxygen atoms in total. The number of furan rings is 1. The van der Waals surface area contributed by atoms with Crippen molar-refractivity contribution in [3.8, 4) is 0 Å². The van der Waals surface area contributed by atoms with Gasteiger partial charge in [-0.05, 0) is 49.4 Å². The van der Waals surface area contributed by atoms with Gasteiger partial charge in [-0.1, -0.05) is 6.07 Å². The monoisotopic (exact) mass is 201 g/mol. The van der Waals surface area contributed by atoms with E-state index in [4.69, 9.17) is 10.2 Å². The van der Waals surface area contributed by atoms with Crippen molar-refractivity contribution in [2.24, 2.45) is 5.73 Å². The minimum absolute atomic E-state index is 0.710. The SMILES string of the molecule is NCCc1ccc2occ(C3CC3)c2c1. The average Bonchev–Trinajstić information content (AvgIpc) is 3.00. The molecule has 1 aromatic heterocycles. The predicted molar refractivity (Wildman–Crippen MR) is 60.9 cm³/mol. The van der Waals surface area contributed by atoms with Crippen LogP contribution in [-0.4, -0.2) is 6.54 Å². The quantitative estimate of drug-likeness (QED) is 0.829. The Morgan fingerprint density at radius 3 is 2.93 bits per heavy atom. The van der Waals surface area contributed by atoms with Gasteiger partial charge in [-0.25, -0.2) is 0 Å². The van der Waals surface area contributed by atoms with Crippen LogP contribution in [0, 0.1) is 0 Å². The maximum atomic E-state index is 5.57. The summed E-state index contributed by atoms with van der Waals surface area (Å²) in [6, 6.07) is 6.40. The van der Waals surface area contributed by atoms with Crippen LogP contribution in [0.1, 0.15) is 29.9 Å². The summed E-state index contributed by atoms with van der Waals surface area (Å²) in [7, 11) is 0. The lowest BCUT2D eigenvalue weighted by Gasteiger charge is -1.99. The van der Waals surface area contributed by atoms with Gasteiger partial charge in [0.2, 0.25) is 0 Å². The maximum absolute atomic E-state index is 5.57. The van der Waals surface area contributed by atoms with Crippen LogP contribution in [0.25, 0.3) is 11.0 Å². The normalized spacial score (nSPS) is 16.1. The Hall–Kier alpha value is -1.28. The van der Waals surface area contributed by atoms with Crippen LogP contribution < -0.4 is 5.73 Å². The number of nitrogens with two attached hydrogens (primary N) is 1. The summed E-state index contributed by atoms with van der Waals surface area (Å²) in [5, 5.41) is 1.29. The first-order valence-corrected chi connectivity index (χ1v) is 5.58. The maximum Gasteiger partial charge on any atom is 0.134 e. The summed E-state index contributed by atoms with van der Waals surface area (Å²) in [6.07, 6.45) is 5.51. The standard InChI is InChI=1S/C13H15NO/c14-6-5-9-1-4-13-11(7-9)12(8-15-13)10-2-3-10/h1,4,7-8,10H,2-3,5-6,14H2. The molecule has 2 aromatic rings. The second-order valence-electron chi connectivity index (χ2n) is 4.33. The highest BCUT2D eigenvalue weighted by atomic mass is 16.3. The van der Waals surface area contributed by atoms with Gasteiger partial charge in [0.05, 0.1) is 6.26 Å². The fourth-order valence-electron chi connectivity index (χ4n) is 2.13. The molecule has 0 aliphatic heterocycles. The van der Waals surface area contributed by atoms with Gasteiger partial charge in [-0.15, -0.1) is 0 Å². The molecule has 0 saturated heterocycles. The van der Waals surface area contributed by atoms with Crippen LogP contribution in [0.15, 0.2) is 28.9 Å². The Morgan fingerprint density at radius 2 is 2.20 bits per heavy atom. The molecular weight excluding hydrogens is 186 g/mol. The molecule has 2 heteroatoms. The zero-order valence-electron chi connectivity index (χ0n) is 8.70. The van der Waals surface area contributed by atoms with Gasteiger partial charge in [0.25, 0.3) is 0 Å². The van der Waals surface area contributed by atoms with Crippen molar-refractivity contribution in [2.75, 3.05) is 6.54 Å². The zero-order valence-corrected chi connectivity index (χ0v) is 8.70. The Balaban J connectivity index is 2.09. The molecular formula is C13H15NO. The number of hydrogen-bond acceptors (Lipinski definition) is 2. The Bertz CT molecular complexity index is 482. The molecule has 1 saturated carbocycles. The molecule has 3 rings (SSSR count). The molecule has 2 N–H and O–H groups in total. The highest BCUT2D eigenvalue weighted by Crippen LogP contribution is 2.44. The van der Waals surface area contributed by atoms with Gasteiger partial charge >= 0.3 is 0 Å². The van der Waals surface area contributed by atoms with Gasteiger partial charge < -0.3 is 10.2 Å². The van der Waals surface area contributed by atoms with Crippen molar-refractivity contribution in [3.05, 3.63) is 35.6 Å². The van der Waals surface area contributed by atoms with E-state index in [-0.39, 0.29) is 0 Å². The van der Waals surface area contributed by atoms with Gasteiger partial charge in [-0.3, -0.25) is 0 Å². The van der Waals surface area contributed by atoms with Crippen molar-refractivity contribution in [1.82, 2.24) is 0 Å². The molecule has 1 fully saturated rings. The molecule has 0 bridgehead atoms. The Morgan fingerprint density at radius 1 is 1.33 bits per heavy atom. The van der Waals surface area contributed by atoms with Crippen LogP contribution in [0.3, 0.4) is 0 Å². The van der Waals surface area contributed by atoms with Crippen molar-refractivity contribution >= 4 is 11.0 Å². The predicted octanol–water partition coefficient (Wildman–Crippen LogP) is 2.81. The summed E-state index contributed by atoms with van der Waals surface area (Å²) < 4.78 is 5.55. The fraction of sp³-hybridized carbons (Fsp3) is 0.385. The van der Waals surface area contributed by atoms with E-state index in [0.717, 1.165) is 17.9 Å². The van der Waals surface area contributed by atoms with Crippen molar-refractivity contribution in [3.63, 3.8) is 0 Å². The number of benzene rings is 1. The summed E-state index contributed by atoms with van der Waals surface area (Å²) in [5.74, 6) is 0.749. The molecule has 0 spiro atoms. The Labute approximate surface area is 89.1 Å². The second kappa shape index (κ2) is 3.38. The molecule has 0 unspecified atom stereocenters. The van der Waals surface area contributed by atoms with Crippen LogP contribution in [-0.2, 0) is 6.42 Å². The topological polar surface area (TPSA) is 39.2 Å². The van der Waals surface area contributed by atoms with Gasteiger partial charge in [0.1, 0.15) is 5.58 Å². The highest BCUT2D eigenvalue weighted by Gasteiger charge is 2.26. The molecule has 0 radical (unpaired) electrons. The second-order valence-corrected chi connectivity index (χ2v) is 4.33. The van der Waals surface area contributed by atoms with E-state index in [1.54, 1.807) is 0 Å². The molecule has 1 aromatic carbocycles. The summed E-state index contributed by atoms with van der Waals surface area (Å²) in [6.45, 7) is 0.710. The van der Waals surface area contributed by atoms with Crippen LogP contribution in [0.4, 0.5) is 0 Å². The number of hydrogen-bond donors (Lipinski definition) is 1. The van der Waals surface area contributed by atoms with E-state index in [1.807, 2.05) is 6.26 Å². The minimum Gasteiger partial charge on any atom is -0.464 e. The van der Waals surface area contributed by atoms with E-state index in [1.165, 1.54) is 29.4 Å². The van der Waals surface area contributed by atoms with E-state index >= 15 is 0 Å². The lowest BCUT2D eigenvalue weighted by molar-refractivity contribution is 0.610. The highest BCUT2D eigenvalue weighted by molar-refractivity contribution is 5.82. The van der Waals surface area contributed by atoms with Crippen LogP contribution in [0.2, 0.25) is 0 Å². The number of rotatable bonds is 3.